The van der Waals surface area contributed by atoms with Gasteiger partial charge >= 0.3 is 18.2 Å². The predicted molar refractivity (Wildman–Crippen MR) is 128 cm³/mol. The van der Waals surface area contributed by atoms with Crippen molar-refractivity contribution in [1.29, 1.82) is 0 Å². The normalized spacial score (nSPS) is 12.6. The summed E-state index contributed by atoms with van der Waals surface area (Å²) in [6, 6.07) is 4.69. The van der Waals surface area contributed by atoms with Gasteiger partial charge in [0.25, 0.3) is 0 Å². The van der Waals surface area contributed by atoms with E-state index in [2.05, 4.69) is 20.7 Å². The van der Waals surface area contributed by atoms with Crippen molar-refractivity contribution in [2.24, 2.45) is 0 Å². The Morgan fingerprint density at radius 3 is 2.31 bits per heavy atom. The number of carbonyl (C=O) groups excluding carboxylic acids is 4. The number of alkyl carbamates (subject to hydrolysis) is 2. The van der Waals surface area contributed by atoms with E-state index >= 15 is 0 Å². The highest BCUT2D eigenvalue weighted by atomic mass is 35.5. The summed E-state index contributed by atoms with van der Waals surface area (Å²) >= 11 is 6.02. The highest BCUT2D eigenvalue weighted by molar-refractivity contribution is 6.31. The molecule has 0 bridgehead atoms. The van der Waals surface area contributed by atoms with Gasteiger partial charge in [0, 0.05) is 17.1 Å². The summed E-state index contributed by atoms with van der Waals surface area (Å²) in [5.74, 6) is -1.51. The van der Waals surface area contributed by atoms with Gasteiger partial charge in [-0.25, -0.2) is 14.4 Å². The molecule has 0 aliphatic heterocycles. The molecule has 0 aliphatic rings. The van der Waals surface area contributed by atoms with E-state index in [1.807, 2.05) is 0 Å². The van der Waals surface area contributed by atoms with E-state index in [1.165, 1.54) is 0 Å². The van der Waals surface area contributed by atoms with Crippen molar-refractivity contribution in [2.45, 2.75) is 64.3 Å². The number of aliphatic hydroxyl groups excluding tert-OH is 1. The van der Waals surface area contributed by atoms with E-state index in [-0.39, 0.29) is 19.6 Å². The summed E-state index contributed by atoms with van der Waals surface area (Å²) in [5, 5.41) is 17.3. The lowest BCUT2D eigenvalue weighted by Crippen LogP contribution is -2.53. The number of hydrogen-bond donors (Lipinski definition) is 4. The summed E-state index contributed by atoms with van der Waals surface area (Å²) in [4.78, 5) is 48.4. The SMILES string of the molecule is COC(=O)[C@H](CO)NC(=O)[C@H](CCCCNC(=O)OCc1ccccc1Cl)NC(=O)OC(C)(C)C. The lowest BCUT2D eigenvalue weighted by molar-refractivity contribution is -0.146. The fourth-order valence-electron chi connectivity index (χ4n) is 2.79. The molecule has 4 N–H and O–H groups in total. The minimum Gasteiger partial charge on any atom is -0.467 e. The largest absolute Gasteiger partial charge is 0.467 e. The summed E-state index contributed by atoms with van der Waals surface area (Å²) < 4.78 is 14.9. The molecular weight excluding hydrogens is 482 g/mol. The third-order valence-corrected chi connectivity index (χ3v) is 4.87. The zero-order chi connectivity index (χ0) is 26.4. The molecule has 2 atom stereocenters. The quantitative estimate of drug-likeness (QED) is 0.188. The number of nitrogens with one attached hydrogen (secondary N) is 3. The van der Waals surface area contributed by atoms with Gasteiger partial charge in [-0.15, -0.1) is 0 Å². The number of esters is 1. The van der Waals surface area contributed by atoms with Crippen molar-refractivity contribution in [1.82, 2.24) is 16.0 Å². The molecule has 0 fully saturated rings. The number of benzene rings is 1. The molecule has 0 aromatic heterocycles. The first-order chi connectivity index (χ1) is 16.5. The number of unbranched alkanes of at least 4 members (excludes halogenated alkanes) is 1. The molecular formula is C23H34ClN3O8. The van der Waals surface area contributed by atoms with E-state index in [0.717, 1.165) is 7.11 Å². The zero-order valence-corrected chi connectivity index (χ0v) is 21.1. The third-order valence-electron chi connectivity index (χ3n) is 4.50. The Labute approximate surface area is 209 Å². The van der Waals surface area contributed by atoms with Crippen LogP contribution in [0.5, 0.6) is 0 Å². The molecule has 0 saturated carbocycles. The second-order valence-corrected chi connectivity index (χ2v) is 8.96. The van der Waals surface area contributed by atoms with Gasteiger partial charge < -0.3 is 35.3 Å². The summed E-state index contributed by atoms with van der Waals surface area (Å²) in [6.07, 6.45) is -0.337. The number of hydrogen-bond acceptors (Lipinski definition) is 8. The maximum Gasteiger partial charge on any atom is 0.408 e. The zero-order valence-electron chi connectivity index (χ0n) is 20.4. The fourth-order valence-corrected chi connectivity index (χ4v) is 2.98. The molecule has 11 nitrogen and oxygen atoms in total. The minimum absolute atomic E-state index is 0.0276. The molecule has 0 aliphatic carbocycles. The molecule has 12 heteroatoms. The molecule has 0 heterocycles. The molecule has 3 amide bonds. The maximum absolute atomic E-state index is 12.7. The maximum atomic E-state index is 12.7. The molecule has 0 saturated heterocycles. The van der Waals surface area contributed by atoms with Gasteiger partial charge in [-0.3, -0.25) is 4.79 Å². The second kappa shape index (κ2) is 15.0. The van der Waals surface area contributed by atoms with Crippen molar-refractivity contribution in [3.05, 3.63) is 34.9 Å². The van der Waals surface area contributed by atoms with Gasteiger partial charge in [0.1, 0.15) is 18.2 Å². The smallest absolute Gasteiger partial charge is 0.408 e. The first-order valence-corrected chi connectivity index (χ1v) is 11.5. The Morgan fingerprint density at radius 2 is 1.71 bits per heavy atom. The first-order valence-electron chi connectivity index (χ1n) is 11.1. The van der Waals surface area contributed by atoms with Crippen LogP contribution in [0, 0.1) is 0 Å². The third kappa shape index (κ3) is 12.3. The number of halogens is 1. The Morgan fingerprint density at radius 1 is 1.03 bits per heavy atom. The van der Waals surface area contributed by atoms with E-state index < -0.39 is 48.4 Å². The van der Waals surface area contributed by atoms with Crippen LogP contribution in [-0.4, -0.2) is 67.1 Å². The van der Waals surface area contributed by atoms with E-state index in [0.29, 0.717) is 23.4 Å². The van der Waals surface area contributed by atoms with Crippen molar-refractivity contribution < 1.29 is 38.5 Å². The van der Waals surface area contributed by atoms with Crippen LogP contribution in [0.25, 0.3) is 0 Å². The Bertz CT molecular complexity index is 859. The summed E-state index contributed by atoms with van der Waals surface area (Å²) in [6.45, 7) is 4.66. The standard InChI is InChI=1S/C23H34ClN3O8/c1-23(2,3)35-22(32)27-17(19(29)26-18(13-28)20(30)33-4)11-7-8-12-25-21(31)34-14-15-9-5-6-10-16(15)24/h5-6,9-10,17-18,28H,7-8,11-14H2,1-4H3,(H,25,31)(H,26,29)(H,27,32)/t17-,18-/m0/s1. The topological polar surface area (TPSA) is 152 Å². The van der Waals surface area contributed by atoms with Crippen molar-refractivity contribution in [2.75, 3.05) is 20.3 Å². The van der Waals surface area contributed by atoms with Crippen LogP contribution >= 0.6 is 11.6 Å². The van der Waals surface area contributed by atoms with Gasteiger partial charge in [0.15, 0.2) is 6.04 Å². The van der Waals surface area contributed by atoms with Crippen LogP contribution in [0.2, 0.25) is 5.02 Å². The lowest BCUT2D eigenvalue weighted by Gasteiger charge is -2.24. The number of aliphatic hydroxyl groups is 1. The summed E-state index contributed by atoms with van der Waals surface area (Å²) in [5.41, 5.74) is -0.0986. The number of rotatable bonds is 12. The van der Waals surface area contributed by atoms with Crippen molar-refractivity contribution >= 4 is 35.7 Å². The monoisotopic (exact) mass is 515 g/mol. The highest BCUT2D eigenvalue weighted by Crippen LogP contribution is 2.15. The van der Waals surface area contributed by atoms with Gasteiger partial charge in [-0.1, -0.05) is 29.8 Å². The Kier molecular flexibility index (Phi) is 12.9. The summed E-state index contributed by atoms with van der Waals surface area (Å²) in [7, 11) is 1.13. The van der Waals surface area contributed by atoms with Crippen LogP contribution in [0.1, 0.15) is 45.6 Å². The molecule has 196 valence electrons. The number of carbonyl (C=O) groups is 4. The predicted octanol–water partition coefficient (Wildman–Crippen LogP) is 2.28. The van der Waals surface area contributed by atoms with Gasteiger partial charge in [-0.05, 0) is 46.1 Å². The van der Waals surface area contributed by atoms with Crippen LogP contribution < -0.4 is 16.0 Å². The average Bonchev–Trinajstić information content (AvgIpc) is 2.79. The minimum atomic E-state index is -1.27. The Hall–Kier alpha value is -3.05. The fraction of sp³-hybridized carbons (Fsp3) is 0.565. The van der Waals surface area contributed by atoms with Crippen molar-refractivity contribution in [3.63, 3.8) is 0 Å². The van der Waals surface area contributed by atoms with Crippen LogP contribution in [0.3, 0.4) is 0 Å². The van der Waals surface area contributed by atoms with E-state index in [9.17, 15) is 24.3 Å². The molecule has 0 unspecified atom stereocenters. The van der Waals surface area contributed by atoms with E-state index in [1.54, 1.807) is 45.0 Å². The average molecular weight is 516 g/mol. The molecule has 35 heavy (non-hydrogen) atoms. The molecule has 1 aromatic carbocycles. The molecule has 1 rings (SSSR count). The van der Waals surface area contributed by atoms with Crippen LogP contribution in [0.15, 0.2) is 24.3 Å². The van der Waals surface area contributed by atoms with Gasteiger partial charge in [0.2, 0.25) is 5.91 Å². The van der Waals surface area contributed by atoms with Gasteiger partial charge in [0.05, 0.1) is 13.7 Å². The van der Waals surface area contributed by atoms with Crippen molar-refractivity contribution in [3.8, 4) is 0 Å². The number of ether oxygens (including phenoxy) is 3. The molecule has 1 aromatic rings. The first kappa shape index (κ1) is 30.0. The number of amides is 3. The van der Waals surface area contributed by atoms with Gasteiger partial charge in [-0.2, -0.15) is 0 Å². The highest BCUT2D eigenvalue weighted by Gasteiger charge is 2.28. The lowest BCUT2D eigenvalue weighted by atomic mass is 10.1. The molecule has 0 spiro atoms. The Balaban J connectivity index is 2.55. The second-order valence-electron chi connectivity index (χ2n) is 8.56. The van der Waals surface area contributed by atoms with E-state index in [4.69, 9.17) is 21.1 Å². The van der Waals surface area contributed by atoms with Crippen LogP contribution in [-0.2, 0) is 30.4 Å². The number of methoxy groups -OCH3 is 1. The van der Waals surface area contributed by atoms with Crippen LogP contribution in [0.4, 0.5) is 9.59 Å². The molecule has 0 radical (unpaired) electrons.